The lowest BCUT2D eigenvalue weighted by molar-refractivity contribution is -0.179. The van der Waals surface area contributed by atoms with E-state index in [1.165, 1.54) is 32.1 Å². The summed E-state index contributed by atoms with van der Waals surface area (Å²) in [6.45, 7) is 0. The Morgan fingerprint density at radius 1 is 0.773 bits per heavy atom. The zero-order valence-electron chi connectivity index (χ0n) is 12.7. The average Bonchev–Trinajstić information content (AvgIpc) is 2.51. The monoisotopic (exact) mass is 294 g/mol. The number of aromatic hydroxyl groups is 1. The molecule has 22 heavy (non-hydrogen) atoms. The highest BCUT2D eigenvalue weighted by molar-refractivity contribution is 5.84. The van der Waals surface area contributed by atoms with Gasteiger partial charge in [0.15, 0.2) is 0 Å². The fourth-order valence-electron chi connectivity index (χ4n) is 5.86. The Labute approximate surface area is 130 Å². The molecule has 4 fully saturated rings. The van der Waals surface area contributed by atoms with Crippen LogP contribution in [0.4, 0.5) is 0 Å². The highest BCUT2D eigenvalue weighted by Gasteiger charge is 2.57. The molecule has 2 N–H and O–H groups in total. The third-order valence-electron chi connectivity index (χ3n) is 6.67. The molecule has 0 amide bonds. The van der Waals surface area contributed by atoms with Crippen molar-refractivity contribution >= 4 is 10.8 Å². The first-order valence-electron chi connectivity index (χ1n) is 8.58. The van der Waals surface area contributed by atoms with Gasteiger partial charge < -0.3 is 10.2 Å². The van der Waals surface area contributed by atoms with Gasteiger partial charge >= 0.3 is 0 Å². The molecule has 0 saturated heterocycles. The predicted octanol–water partition coefficient (Wildman–Crippen LogP) is 4.19. The summed E-state index contributed by atoms with van der Waals surface area (Å²) in [4.78, 5) is 0. The van der Waals surface area contributed by atoms with E-state index < -0.39 is 5.60 Å². The van der Waals surface area contributed by atoms with Gasteiger partial charge in [0, 0.05) is 0 Å². The summed E-state index contributed by atoms with van der Waals surface area (Å²) in [7, 11) is 0. The maximum absolute atomic E-state index is 11.6. The molecule has 6 rings (SSSR count). The minimum absolute atomic E-state index is 0.293. The molecule has 2 aromatic rings. The summed E-state index contributed by atoms with van der Waals surface area (Å²) < 4.78 is 0. The molecule has 0 heterocycles. The smallest absolute Gasteiger partial charge is 0.116 e. The first-order chi connectivity index (χ1) is 10.6. The maximum Gasteiger partial charge on any atom is 0.116 e. The topological polar surface area (TPSA) is 40.5 Å². The number of rotatable bonds is 1. The molecular weight excluding hydrogens is 272 g/mol. The van der Waals surface area contributed by atoms with Crippen LogP contribution in [0.25, 0.3) is 10.8 Å². The van der Waals surface area contributed by atoms with Gasteiger partial charge in [-0.2, -0.15) is 0 Å². The molecule has 2 aromatic carbocycles. The van der Waals surface area contributed by atoms with Gasteiger partial charge in [-0.3, -0.25) is 0 Å². The van der Waals surface area contributed by atoms with Gasteiger partial charge in [-0.15, -0.1) is 0 Å². The van der Waals surface area contributed by atoms with Crippen LogP contribution in [0.5, 0.6) is 5.75 Å². The van der Waals surface area contributed by atoms with E-state index in [2.05, 4.69) is 18.2 Å². The van der Waals surface area contributed by atoms with E-state index in [1.807, 2.05) is 6.07 Å². The molecule has 0 aliphatic heterocycles. The highest BCUT2D eigenvalue weighted by Crippen LogP contribution is 2.61. The largest absolute Gasteiger partial charge is 0.508 e. The van der Waals surface area contributed by atoms with Gasteiger partial charge in [0.25, 0.3) is 0 Å². The molecule has 114 valence electrons. The van der Waals surface area contributed by atoms with Gasteiger partial charge in [0.05, 0.1) is 5.60 Å². The first-order valence-corrected chi connectivity index (χ1v) is 8.58. The lowest BCUT2D eigenvalue weighted by Gasteiger charge is -2.59. The Balaban J connectivity index is 1.64. The van der Waals surface area contributed by atoms with Crippen LogP contribution in [0.1, 0.15) is 37.7 Å². The summed E-state index contributed by atoms with van der Waals surface area (Å²) in [5, 5.41) is 23.5. The summed E-state index contributed by atoms with van der Waals surface area (Å²) in [6.07, 6.45) is 6.18. The lowest BCUT2D eigenvalue weighted by Crippen LogP contribution is -2.55. The van der Waals surface area contributed by atoms with Crippen LogP contribution in [0, 0.1) is 23.7 Å². The van der Waals surface area contributed by atoms with Crippen molar-refractivity contribution in [3.8, 4) is 5.75 Å². The second-order valence-corrected chi connectivity index (χ2v) is 7.88. The number of benzene rings is 2. The molecule has 0 spiro atoms. The molecule has 4 saturated carbocycles. The second-order valence-electron chi connectivity index (χ2n) is 7.88. The summed E-state index contributed by atoms with van der Waals surface area (Å²) in [5.74, 6) is 2.86. The van der Waals surface area contributed by atoms with Crippen molar-refractivity contribution in [2.24, 2.45) is 23.7 Å². The summed E-state index contributed by atoms with van der Waals surface area (Å²) in [5.41, 5.74) is 0.423. The number of fused-ring (bicyclic) bond motifs is 1. The second kappa shape index (κ2) is 4.26. The van der Waals surface area contributed by atoms with E-state index in [1.54, 1.807) is 12.1 Å². The van der Waals surface area contributed by atoms with Crippen molar-refractivity contribution in [3.05, 3.63) is 42.0 Å². The van der Waals surface area contributed by atoms with Crippen LogP contribution in [0.15, 0.2) is 36.4 Å². The number of hydrogen-bond acceptors (Lipinski definition) is 2. The molecule has 0 aromatic heterocycles. The van der Waals surface area contributed by atoms with Crippen molar-refractivity contribution in [2.45, 2.75) is 37.7 Å². The lowest BCUT2D eigenvalue weighted by atomic mass is 9.48. The van der Waals surface area contributed by atoms with Crippen molar-refractivity contribution in [2.75, 3.05) is 0 Å². The molecule has 2 heteroatoms. The maximum atomic E-state index is 11.6. The van der Waals surface area contributed by atoms with Gasteiger partial charge in [-0.05, 0) is 90.3 Å². The third-order valence-corrected chi connectivity index (χ3v) is 6.67. The molecule has 2 nitrogen and oxygen atoms in total. The number of phenols is 1. The first kappa shape index (κ1) is 13.0. The molecule has 0 unspecified atom stereocenters. The zero-order chi connectivity index (χ0) is 14.9. The van der Waals surface area contributed by atoms with Crippen molar-refractivity contribution in [3.63, 3.8) is 0 Å². The quantitative estimate of drug-likeness (QED) is 0.828. The summed E-state index contributed by atoms with van der Waals surface area (Å²) in [6, 6.07) is 11.8. The third kappa shape index (κ3) is 1.65. The fraction of sp³-hybridized carbons (Fsp3) is 0.500. The molecule has 4 bridgehead atoms. The van der Waals surface area contributed by atoms with E-state index in [9.17, 15) is 10.2 Å². The average molecular weight is 294 g/mol. The molecule has 0 atom stereocenters. The Bertz CT molecular complexity index is 720. The van der Waals surface area contributed by atoms with Crippen LogP contribution >= 0.6 is 0 Å². The van der Waals surface area contributed by atoms with E-state index in [4.69, 9.17) is 0 Å². The van der Waals surface area contributed by atoms with E-state index in [0.717, 1.165) is 28.2 Å². The van der Waals surface area contributed by atoms with Crippen LogP contribution in [0.2, 0.25) is 0 Å². The minimum atomic E-state index is -0.646. The van der Waals surface area contributed by atoms with Crippen LogP contribution in [-0.4, -0.2) is 10.2 Å². The Hall–Kier alpha value is -1.54. The van der Waals surface area contributed by atoms with Crippen LogP contribution in [0.3, 0.4) is 0 Å². The normalized spacial score (nSPS) is 39.5. The Morgan fingerprint density at radius 2 is 1.41 bits per heavy atom. The molecule has 0 radical (unpaired) electrons. The predicted molar refractivity (Wildman–Crippen MR) is 86.6 cm³/mol. The van der Waals surface area contributed by atoms with E-state index in [0.29, 0.717) is 17.6 Å². The zero-order valence-corrected chi connectivity index (χ0v) is 12.7. The Morgan fingerprint density at radius 3 is 2.09 bits per heavy atom. The van der Waals surface area contributed by atoms with E-state index >= 15 is 0 Å². The van der Waals surface area contributed by atoms with Crippen molar-refractivity contribution < 1.29 is 10.2 Å². The van der Waals surface area contributed by atoms with Crippen molar-refractivity contribution in [1.82, 2.24) is 0 Å². The van der Waals surface area contributed by atoms with Crippen LogP contribution in [-0.2, 0) is 5.60 Å². The summed E-state index contributed by atoms with van der Waals surface area (Å²) >= 11 is 0. The van der Waals surface area contributed by atoms with Gasteiger partial charge in [-0.25, -0.2) is 0 Å². The number of hydrogen-bond donors (Lipinski definition) is 2. The number of aliphatic hydroxyl groups is 1. The molecular formula is C20H22O2. The van der Waals surface area contributed by atoms with Gasteiger partial charge in [0.1, 0.15) is 5.75 Å². The molecule has 4 aliphatic carbocycles. The number of phenolic OH excluding ortho intramolecular Hbond substituents is 1. The highest BCUT2D eigenvalue weighted by atomic mass is 16.3. The van der Waals surface area contributed by atoms with E-state index in [-0.39, 0.29) is 0 Å². The van der Waals surface area contributed by atoms with Crippen molar-refractivity contribution in [1.29, 1.82) is 0 Å². The Kier molecular flexibility index (Phi) is 2.51. The van der Waals surface area contributed by atoms with Gasteiger partial charge in [-0.1, -0.05) is 18.2 Å². The van der Waals surface area contributed by atoms with Gasteiger partial charge in [0.2, 0.25) is 0 Å². The van der Waals surface area contributed by atoms with Crippen LogP contribution < -0.4 is 0 Å². The minimum Gasteiger partial charge on any atom is -0.508 e. The molecule has 4 aliphatic rings. The SMILES string of the molecule is Oc1ccc2ccc(C3(O)C4CC5CC(C4)CC3C5)cc2c1. The standard InChI is InChI=1S/C20H22O2/c21-19-4-2-14-1-3-16(10-15(14)11-19)20(22)17-6-12-5-13(8-17)9-18(20)7-12/h1-4,10-13,17-18,21-22H,5-9H2. The fourth-order valence-corrected chi connectivity index (χ4v) is 5.86.